The molecule has 276 valence electrons. The van der Waals surface area contributed by atoms with Crippen molar-refractivity contribution in [3.8, 4) is 11.8 Å². The van der Waals surface area contributed by atoms with Crippen molar-refractivity contribution in [3.05, 3.63) is 71.2 Å². The molecule has 6 aromatic rings. The van der Waals surface area contributed by atoms with Crippen LogP contribution in [0.4, 0.5) is 11.4 Å². The summed E-state index contributed by atoms with van der Waals surface area (Å²) in [6.07, 6.45) is 4.21. The summed E-state index contributed by atoms with van der Waals surface area (Å²) in [6.45, 7) is 9.44. The van der Waals surface area contributed by atoms with Crippen LogP contribution in [0.2, 0.25) is 5.02 Å². The van der Waals surface area contributed by atoms with Crippen LogP contribution in [-0.2, 0) is 6.42 Å². The maximum Gasteiger partial charge on any atom is 0.213 e. The van der Waals surface area contributed by atoms with Gasteiger partial charge in [-0.3, -0.25) is 4.90 Å². The van der Waals surface area contributed by atoms with Gasteiger partial charge in [-0.05, 0) is 81.2 Å². The Balaban J connectivity index is 0.908. The molecule has 0 radical (unpaired) electrons. The van der Waals surface area contributed by atoms with E-state index in [0.717, 1.165) is 140 Å². The molecule has 0 aliphatic carbocycles. The Bertz CT molecular complexity index is 2240. The van der Waals surface area contributed by atoms with Gasteiger partial charge < -0.3 is 29.9 Å². The Kier molecular flexibility index (Phi) is 10.6. The van der Waals surface area contributed by atoms with Gasteiger partial charge in [0.25, 0.3) is 0 Å². The van der Waals surface area contributed by atoms with Crippen LogP contribution in [0.3, 0.4) is 0 Å². The highest BCUT2D eigenvalue weighted by Gasteiger charge is 2.22. The standard InChI is InChI=1S/C41H48ClN9O2/c1-49-21-23-51(24-22-49)20-16-43-38-30-8-6-27(25-34(30)45-32-10-12-36(52-2)47-40(32)38)5-4-17-50-18-14-29(15-19-50)44-39-31-9-7-28(42)26-35(31)46-33-11-13-37(53-3)48-41(33)39/h6-13,25-26,29H,4-5,14-24H2,1-3H3,(H,43,45)(H,44,46). The van der Waals surface area contributed by atoms with Gasteiger partial charge in [0, 0.05) is 86.3 Å². The molecule has 8 rings (SSSR count). The van der Waals surface area contributed by atoms with E-state index in [1.165, 1.54) is 5.56 Å². The Labute approximate surface area is 315 Å². The van der Waals surface area contributed by atoms with Crippen LogP contribution in [0.15, 0.2) is 60.7 Å². The lowest BCUT2D eigenvalue weighted by Gasteiger charge is -2.33. The zero-order valence-electron chi connectivity index (χ0n) is 30.9. The number of likely N-dealkylation sites (tertiary alicyclic amines) is 1. The minimum atomic E-state index is 0.337. The van der Waals surface area contributed by atoms with E-state index in [-0.39, 0.29) is 0 Å². The highest BCUT2D eigenvalue weighted by Crippen LogP contribution is 2.35. The van der Waals surface area contributed by atoms with Crippen molar-refractivity contribution in [1.82, 2.24) is 34.6 Å². The number of hydrogen-bond donors (Lipinski definition) is 2. The summed E-state index contributed by atoms with van der Waals surface area (Å²) in [6, 6.07) is 20.7. The second-order valence-electron chi connectivity index (χ2n) is 14.4. The molecule has 2 N–H and O–H groups in total. The van der Waals surface area contributed by atoms with E-state index in [4.69, 9.17) is 41.0 Å². The summed E-state index contributed by atoms with van der Waals surface area (Å²) in [7, 11) is 5.50. The molecule has 0 spiro atoms. The van der Waals surface area contributed by atoms with Crippen molar-refractivity contribution in [2.75, 3.05) is 90.8 Å². The second kappa shape index (κ2) is 15.8. The number of nitrogens with one attached hydrogen (secondary N) is 2. The van der Waals surface area contributed by atoms with Crippen LogP contribution in [-0.4, -0.2) is 121 Å². The van der Waals surface area contributed by atoms with Crippen molar-refractivity contribution in [1.29, 1.82) is 0 Å². The van der Waals surface area contributed by atoms with E-state index in [0.29, 0.717) is 22.8 Å². The molecule has 6 heterocycles. The summed E-state index contributed by atoms with van der Waals surface area (Å²) in [5.74, 6) is 1.17. The van der Waals surface area contributed by atoms with E-state index < -0.39 is 0 Å². The Morgan fingerprint density at radius 1 is 0.679 bits per heavy atom. The van der Waals surface area contributed by atoms with E-state index >= 15 is 0 Å². The van der Waals surface area contributed by atoms with Gasteiger partial charge in [0.05, 0.1) is 47.7 Å². The number of piperidine rings is 1. The zero-order valence-corrected chi connectivity index (χ0v) is 31.6. The largest absolute Gasteiger partial charge is 0.481 e. The average molecular weight is 734 g/mol. The highest BCUT2D eigenvalue weighted by molar-refractivity contribution is 6.31. The molecule has 0 bridgehead atoms. The van der Waals surface area contributed by atoms with Crippen LogP contribution in [0.25, 0.3) is 43.9 Å². The number of anilines is 2. The number of ether oxygens (including phenoxy) is 2. The first-order valence-electron chi connectivity index (χ1n) is 18.8. The zero-order chi connectivity index (χ0) is 36.3. The monoisotopic (exact) mass is 733 g/mol. The SMILES string of the molecule is COc1ccc2nc3cc(CCCN4CCC(Nc5c6ccc(Cl)cc6nc6ccc(OC)nc56)CC4)ccc3c(NCCN3CCN(C)CC3)c2n1. The molecule has 2 aliphatic heterocycles. The Morgan fingerprint density at radius 3 is 2.00 bits per heavy atom. The third kappa shape index (κ3) is 7.89. The Hall–Kier alpha value is -4.55. The number of methoxy groups -OCH3 is 2. The fourth-order valence-electron chi connectivity index (χ4n) is 7.75. The summed E-state index contributed by atoms with van der Waals surface area (Å²) >= 11 is 6.35. The lowest BCUT2D eigenvalue weighted by Crippen LogP contribution is -2.45. The van der Waals surface area contributed by atoms with Crippen molar-refractivity contribution in [3.63, 3.8) is 0 Å². The normalized spacial score (nSPS) is 16.5. The number of likely N-dealkylation sites (N-methyl/N-ethyl adjacent to an activating group) is 1. The first kappa shape index (κ1) is 35.5. The van der Waals surface area contributed by atoms with E-state index in [1.54, 1.807) is 14.2 Å². The Morgan fingerprint density at radius 2 is 1.30 bits per heavy atom. The number of fused-ring (bicyclic) bond motifs is 4. The van der Waals surface area contributed by atoms with Crippen molar-refractivity contribution >= 4 is 66.8 Å². The number of pyridine rings is 4. The van der Waals surface area contributed by atoms with Gasteiger partial charge in [0.2, 0.25) is 11.8 Å². The van der Waals surface area contributed by atoms with Crippen molar-refractivity contribution < 1.29 is 9.47 Å². The number of nitrogens with zero attached hydrogens (tertiary/aromatic N) is 7. The topological polar surface area (TPSA) is 104 Å². The van der Waals surface area contributed by atoms with Crippen LogP contribution < -0.4 is 20.1 Å². The van der Waals surface area contributed by atoms with Crippen LogP contribution in [0, 0.1) is 0 Å². The quantitative estimate of drug-likeness (QED) is 0.131. The number of aromatic nitrogens is 4. The lowest BCUT2D eigenvalue weighted by molar-refractivity contribution is 0.158. The first-order valence-corrected chi connectivity index (χ1v) is 19.2. The highest BCUT2D eigenvalue weighted by atomic mass is 35.5. The maximum atomic E-state index is 6.35. The van der Waals surface area contributed by atoms with Gasteiger partial charge in [-0.25, -0.2) is 19.9 Å². The molecular weight excluding hydrogens is 686 g/mol. The molecule has 2 fully saturated rings. The second-order valence-corrected chi connectivity index (χ2v) is 14.8. The minimum absolute atomic E-state index is 0.337. The molecule has 53 heavy (non-hydrogen) atoms. The van der Waals surface area contributed by atoms with Gasteiger partial charge in [0.15, 0.2) is 0 Å². The molecule has 2 aromatic carbocycles. The average Bonchev–Trinajstić information content (AvgIpc) is 3.18. The molecule has 2 aliphatic rings. The number of hydrogen-bond acceptors (Lipinski definition) is 11. The summed E-state index contributed by atoms with van der Waals surface area (Å²) in [4.78, 5) is 27.0. The third-order valence-corrected chi connectivity index (χ3v) is 11.1. The number of aryl methyl sites for hydroxylation is 1. The molecule has 0 atom stereocenters. The molecule has 0 unspecified atom stereocenters. The van der Waals surface area contributed by atoms with Gasteiger partial charge in [-0.1, -0.05) is 23.7 Å². The molecule has 2 saturated heterocycles. The van der Waals surface area contributed by atoms with E-state index in [1.807, 2.05) is 42.5 Å². The van der Waals surface area contributed by atoms with Crippen LogP contribution >= 0.6 is 11.6 Å². The summed E-state index contributed by atoms with van der Waals surface area (Å²) in [5, 5.41) is 10.4. The number of piperazine rings is 1. The molecule has 0 amide bonds. The van der Waals surface area contributed by atoms with Gasteiger partial charge in [0.1, 0.15) is 11.0 Å². The van der Waals surface area contributed by atoms with E-state index in [9.17, 15) is 0 Å². The number of benzene rings is 2. The number of halogens is 1. The molecule has 12 heteroatoms. The predicted octanol–water partition coefficient (Wildman–Crippen LogP) is 6.72. The minimum Gasteiger partial charge on any atom is -0.481 e. The van der Waals surface area contributed by atoms with Crippen LogP contribution in [0.5, 0.6) is 11.8 Å². The maximum absolute atomic E-state index is 6.35. The predicted molar refractivity (Wildman–Crippen MR) is 216 cm³/mol. The van der Waals surface area contributed by atoms with Crippen molar-refractivity contribution in [2.24, 2.45) is 0 Å². The van der Waals surface area contributed by atoms with Gasteiger partial charge in [-0.2, -0.15) is 0 Å². The third-order valence-electron chi connectivity index (χ3n) is 10.8. The molecule has 0 saturated carbocycles. The van der Waals surface area contributed by atoms with E-state index in [2.05, 4.69) is 50.6 Å². The lowest BCUT2D eigenvalue weighted by atomic mass is 10.0. The van der Waals surface area contributed by atoms with Gasteiger partial charge >= 0.3 is 0 Å². The molecular formula is C41H48ClN9O2. The summed E-state index contributed by atoms with van der Waals surface area (Å²) < 4.78 is 10.9. The summed E-state index contributed by atoms with van der Waals surface area (Å²) in [5.41, 5.74) is 8.58. The fourth-order valence-corrected chi connectivity index (χ4v) is 7.92. The molecule has 4 aromatic heterocycles. The molecule has 11 nitrogen and oxygen atoms in total. The first-order chi connectivity index (χ1) is 25.9. The smallest absolute Gasteiger partial charge is 0.213 e. The van der Waals surface area contributed by atoms with Crippen molar-refractivity contribution in [2.45, 2.75) is 31.7 Å². The number of rotatable bonds is 12. The van der Waals surface area contributed by atoms with Crippen LogP contribution in [0.1, 0.15) is 24.8 Å². The fraction of sp³-hybridized carbons (Fsp3) is 0.415. The van der Waals surface area contributed by atoms with Gasteiger partial charge in [-0.15, -0.1) is 0 Å².